The van der Waals surface area contributed by atoms with E-state index in [0.29, 0.717) is 0 Å². The number of carbonyl (C=O) groups excluding carboxylic acids is 1. The number of hydrogen-bond acceptors (Lipinski definition) is 4. The third kappa shape index (κ3) is 5.38. The van der Waals surface area contributed by atoms with Gasteiger partial charge in [-0.2, -0.15) is 4.31 Å². The van der Waals surface area contributed by atoms with E-state index in [0.717, 1.165) is 37.5 Å². The summed E-state index contributed by atoms with van der Waals surface area (Å²) in [5.41, 5.74) is 0.811. The van der Waals surface area contributed by atoms with Gasteiger partial charge in [0.15, 0.2) is 0 Å². The molecular formula is C15H23N3O3S. The zero-order chi connectivity index (χ0) is 16.0. The molecule has 1 aliphatic rings. The minimum atomic E-state index is -3.45. The first kappa shape index (κ1) is 16.9. The maximum Gasteiger partial charge on any atom is 0.235 e. The Morgan fingerprint density at radius 3 is 2.50 bits per heavy atom. The molecule has 7 heteroatoms. The second-order valence-corrected chi connectivity index (χ2v) is 7.77. The van der Waals surface area contributed by atoms with Gasteiger partial charge >= 0.3 is 0 Å². The van der Waals surface area contributed by atoms with Crippen molar-refractivity contribution in [1.82, 2.24) is 14.6 Å². The first-order chi connectivity index (χ1) is 10.4. The second-order valence-electron chi connectivity index (χ2n) is 5.79. The van der Waals surface area contributed by atoms with E-state index in [-0.39, 0.29) is 25.0 Å². The minimum absolute atomic E-state index is 0.141. The molecule has 0 aliphatic heterocycles. The zero-order valence-corrected chi connectivity index (χ0v) is 13.7. The Morgan fingerprint density at radius 1 is 1.27 bits per heavy atom. The van der Waals surface area contributed by atoms with Crippen molar-refractivity contribution >= 4 is 15.9 Å². The molecule has 22 heavy (non-hydrogen) atoms. The van der Waals surface area contributed by atoms with Crippen LogP contribution >= 0.6 is 0 Å². The number of carbonyl (C=O) groups is 1. The van der Waals surface area contributed by atoms with E-state index in [9.17, 15) is 13.2 Å². The standard InChI is InChI=1S/C15H23N3O3S/c1-22(20,21)18(11-13-7-9-16-10-8-13)12-15(19)17-14-5-3-2-4-6-14/h7-10,14H,2-6,11-12H2,1H3,(H,17,19). The topological polar surface area (TPSA) is 79.4 Å². The maximum atomic E-state index is 12.1. The molecule has 1 N–H and O–H groups in total. The highest BCUT2D eigenvalue weighted by Crippen LogP contribution is 2.17. The number of pyridine rings is 1. The van der Waals surface area contributed by atoms with Gasteiger partial charge in [-0.3, -0.25) is 9.78 Å². The maximum absolute atomic E-state index is 12.1. The van der Waals surface area contributed by atoms with Crippen LogP contribution < -0.4 is 5.32 Å². The molecule has 1 saturated carbocycles. The van der Waals surface area contributed by atoms with Crippen molar-refractivity contribution in [3.63, 3.8) is 0 Å². The monoisotopic (exact) mass is 325 g/mol. The molecule has 1 fully saturated rings. The van der Waals surface area contributed by atoms with Gasteiger partial charge in [0, 0.05) is 25.0 Å². The lowest BCUT2D eigenvalue weighted by Gasteiger charge is -2.25. The summed E-state index contributed by atoms with van der Waals surface area (Å²) in [6.45, 7) is 0.0388. The summed E-state index contributed by atoms with van der Waals surface area (Å²) >= 11 is 0. The van der Waals surface area contributed by atoms with Crippen molar-refractivity contribution in [2.24, 2.45) is 0 Å². The van der Waals surface area contributed by atoms with E-state index in [1.807, 2.05) is 0 Å². The molecular weight excluding hydrogens is 302 g/mol. The predicted molar refractivity (Wildman–Crippen MR) is 84.5 cm³/mol. The third-order valence-electron chi connectivity index (χ3n) is 3.87. The second kappa shape index (κ2) is 7.69. The highest BCUT2D eigenvalue weighted by atomic mass is 32.2. The van der Waals surface area contributed by atoms with Crippen LogP contribution in [0.3, 0.4) is 0 Å². The van der Waals surface area contributed by atoms with E-state index in [2.05, 4.69) is 10.3 Å². The molecule has 1 aliphatic carbocycles. The van der Waals surface area contributed by atoms with E-state index >= 15 is 0 Å². The van der Waals surface area contributed by atoms with Crippen LogP contribution in [0.1, 0.15) is 37.7 Å². The van der Waals surface area contributed by atoms with Crippen molar-refractivity contribution in [3.8, 4) is 0 Å². The number of aromatic nitrogens is 1. The fourth-order valence-electron chi connectivity index (χ4n) is 2.66. The van der Waals surface area contributed by atoms with Gasteiger partial charge in [0.1, 0.15) is 0 Å². The molecule has 0 unspecified atom stereocenters. The molecule has 1 aromatic rings. The number of sulfonamides is 1. The van der Waals surface area contributed by atoms with Crippen LogP contribution in [0.5, 0.6) is 0 Å². The molecule has 0 radical (unpaired) electrons. The van der Waals surface area contributed by atoms with E-state index in [1.54, 1.807) is 24.5 Å². The van der Waals surface area contributed by atoms with Crippen LogP contribution in [-0.2, 0) is 21.4 Å². The fraction of sp³-hybridized carbons (Fsp3) is 0.600. The summed E-state index contributed by atoms with van der Waals surface area (Å²) in [6, 6.07) is 3.68. The van der Waals surface area contributed by atoms with Gasteiger partial charge in [-0.1, -0.05) is 19.3 Å². The van der Waals surface area contributed by atoms with Gasteiger partial charge < -0.3 is 5.32 Å². The number of nitrogens with zero attached hydrogens (tertiary/aromatic N) is 2. The van der Waals surface area contributed by atoms with Crippen molar-refractivity contribution in [2.75, 3.05) is 12.8 Å². The molecule has 6 nitrogen and oxygen atoms in total. The van der Waals surface area contributed by atoms with Gasteiger partial charge in [-0.15, -0.1) is 0 Å². The molecule has 1 aromatic heterocycles. The van der Waals surface area contributed by atoms with Crippen molar-refractivity contribution in [2.45, 2.75) is 44.7 Å². The van der Waals surface area contributed by atoms with Crippen LogP contribution in [0.25, 0.3) is 0 Å². The van der Waals surface area contributed by atoms with Gasteiger partial charge in [-0.05, 0) is 30.5 Å². The number of amides is 1. The molecule has 0 aromatic carbocycles. The number of hydrogen-bond donors (Lipinski definition) is 1. The highest BCUT2D eigenvalue weighted by Gasteiger charge is 2.22. The SMILES string of the molecule is CS(=O)(=O)N(CC(=O)NC1CCCCC1)Cc1ccncc1. The van der Waals surface area contributed by atoms with Gasteiger partial charge in [-0.25, -0.2) is 8.42 Å². The Bertz CT molecular complexity index is 583. The Labute approximate surface area is 132 Å². The summed E-state index contributed by atoms with van der Waals surface area (Å²) < 4.78 is 25.0. The molecule has 2 rings (SSSR count). The third-order valence-corrected chi connectivity index (χ3v) is 5.06. The van der Waals surface area contributed by atoms with Gasteiger partial charge in [0.05, 0.1) is 12.8 Å². The minimum Gasteiger partial charge on any atom is -0.352 e. The van der Waals surface area contributed by atoms with Crippen LogP contribution in [0, 0.1) is 0 Å². The number of nitrogens with one attached hydrogen (secondary N) is 1. The van der Waals surface area contributed by atoms with Crippen molar-refractivity contribution in [3.05, 3.63) is 30.1 Å². The van der Waals surface area contributed by atoms with Crippen molar-refractivity contribution in [1.29, 1.82) is 0 Å². The lowest BCUT2D eigenvalue weighted by atomic mass is 9.95. The molecule has 0 atom stereocenters. The van der Waals surface area contributed by atoms with E-state index < -0.39 is 10.0 Å². The number of rotatable bonds is 6. The summed E-state index contributed by atoms with van der Waals surface area (Å²) in [4.78, 5) is 16.0. The molecule has 0 bridgehead atoms. The molecule has 1 amide bonds. The highest BCUT2D eigenvalue weighted by molar-refractivity contribution is 7.88. The Morgan fingerprint density at radius 2 is 1.91 bits per heavy atom. The lowest BCUT2D eigenvalue weighted by Crippen LogP contribution is -2.44. The molecule has 1 heterocycles. The van der Waals surface area contributed by atoms with Crippen LogP contribution in [0.4, 0.5) is 0 Å². The van der Waals surface area contributed by atoms with Gasteiger partial charge in [0.25, 0.3) is 0 Å². The molecule has 0 spiro atoms. The van der Waals surface area contributed by atoms with E-state index in [4.69, 9.17) is 0 Å². The largest absolute Gasteiger partial charge is 0.352 e. The Balaban J connectivity index is 1.96. The van der Waals surface area contributed by atoms with Crippen LogP contribution in [0.2, 0.25) is 0 Å². The fourth-order valence-corrected chi connectivity index (χ4v) is 3.40. The molecule has 122 valence electrons. The summed E-state index contributed by atoms with van der Waals surface area (Å²) in [5, 5.41) is 2.95. The average molecular weight is 325 g/mol. The summed E-state index contributed by atoms with van der Waals surface area (Å²) in [6.07, 6.45) is 9.77. The summed E-state index contributed by atoms with van der Waals surface area (Å²) in [5.74, 6) is -0.230. The van der Waals surface area contributed by atoms with Crippen LogP contribution in [-0.4, -0.2) is 42.5 Å². The normalized spacial score (nSPS) is 16.6. The van der Waals surface area contributed by atoms with Crippen LogP contribution in [0.15, 0.2) is 24.5 Å². The Kier molecular flexibility index (Phi) is 5.90. The predicted octanol–water partition coefficient (Wildman–Crippen LogP) is 1.29. The lowest BCUT2D eigenvalue weighted by molar-refractivity contribution is -0.122. The van der Waals surface area contributed by atoms with Gasteiger partial charge in [0.2, 0.25) is 15.9 Å². The summed E-state index contributed by atoms with van der Waals surface area (Å²) in [7, 11) is -3.45. The average Bonchev–Trinajstić information content (AvgIpc) is 2.48. The first-order valence-corrected chi connectivity index (χ1v) is 9.43. The van der Waals surface area contributed by atoms with Crippen molar-refractivity contribution < 1.29 is 13.2 Å². The van der Waals surface area contributed by atoms with E-state index in [1.165, 1.54) is 10.7 Å². The Hall–Kier alpha value is -1.47. The smallest absolute Gasteiger partial charge is 0.235 e. The first-order valence-electron chi connectivity index (χ1n) is 7.58. The quantitative estimate of drug-likeness (QED) is 0.855. The zero-order valence-electron chi connectivity index (χ0n) is 12.9. The molecule has 0 saturated heterocycles.